The van der Waals surface area contributed by atoms with Gasteiger partial charge in [0, 0.05) is 5.56 Å². The number of benzene rings is 1. The molecule has 0 radical (unpaired) electrons. The van der Waals surface area contributed by atoms with Gasteiger partial charge in [-0.2, -0.15) is 0 Å². The van der Waals surface area contributed by atoms with Gasteiger partial charge in [-0.25, -0.2) is 13.6 Å². The van der Waals surface area contributed by atoms with E-state index in [-0.39, 0.29) is 11.6 Å². The molecular formula is C11H11ClF2O2. The smallest absolute Gasteiger partial charge is 0.348 e. The third kappa shape index (κ3) is 2.32. The molecule has 16 heavy (non-hydrogen) atoms. The molecule has 1 rings (SSSR count). The number of esters is 1. The summed E-state index contributed by atoms with van der Waals surface area (Å²) in [6.45, 7) is 2.52. The molecule has 0 saturated heterocycles. The molecule has 0 amide bonds. The third-order valence-corrected chi connectivity index (χ3v) is 2.41. The number of hydrogen-bond donors (Lipinski definition) is 0. The molecule has 1 aromatic rings. The van der Waals surface area contributed by atoms with E-state index in [1.807, 2.05) is 0 Å². The summed E-state index contributed by atoms with van der Waals surface area (Å²) < 4.78 is 32.1. The Morgan fingerprint density at radius 3 is 2.75 bits per heavy atom. The van der Waals surface area contributed by atoms with Gasteiger partial charge >= 0.3 is 5.97 Å². The molecule has 0 fully saturated rings. The number of rotatable bonds is 3. The van der Waals surface area contributed by atoms with Crippen molar-refractivity contribution in [2.75, 3.05) is 6.61 Å². The molecule has 5 heteroatoms. The van der Waals surface area contributed by atoms with E-state index in [4.69, 9.17) is 11.6 Å². The van der Waals surface area contributed by atoms with Gasteiger partial charge in [0.15, 0.2) is 0 Å². The second-order valence-electron chi connectivity index (χ2n) is 3.32. The van der Waals surface area contributed by atoms with Gasteiger partial charge in [0.25, 0.3) is 0 Å². The summed E-state index contributed by atoms with van der Waals surface area (Å²) in [5, 5.41) is -0.231. The van der Waals surface area contributed by atoms with Gasteiger partial charge < -0.3 is 4.74 Å². The van der Waals surface area contributed by atoms with Crippen molar-refractivity contribution >= 4 is 17.6 Å². The standard InChI is InChI=1S/C11H11ClF2O2/c1-3-16-10(15)11(2,14)7-5-4-6-8(12)9(7)13/h4-6H,3H2,1-2H3. The first-order valence-electron chi connectivity index (χ1n) is 4.71. The normalized spacial score (nSPS) is 14.3. The van der Waals surface area contributed by atoms with Gasteiger partial charge in [-0.05, 0) is 19.9 Å². The first kappa shape index (κ1) is 12.9. The largest absolute Gasteiger partial charge is 0.463 e. The highest BCUT2D eigenvalue weighted by Gasteiger charge is 2.39. The maximum absolute atomic E-state index is 14.1. The minimum Gasteiger partial charge on any atom is -0.463 e. The topological polar surface area (TPSA) is 26.3 Å². The predicted molar refractivity (Wildman–Crippen MR) is 56.5 cm³/mol. The molecular weight excluding hydrogens is 238 g/mol. The number of carbonyl (C=O) groups is 1. The Morgan fingerprint density at radius 1 is 1.56 bits per heavy atom. The molecule has 0 aliphatic carbocycles. The van der Waals surface area contributed by atoms with Crippen molar-refractivity contribution < 1.29 is 18.3 Å². The van der Waals surface area contributed by atoms with E-state index < -0.39 is 23.0 Å². The van der Waals surface area contributed by atoms with Crippen LogP contribution < -0.4 is 0 Å². The second kappa shape index (κ2) is 4.78. The quantitative estimate of drug-likeness (QED) is 0.768. The first-order chi connectivity index (χ1) is 7.41. The molecule has 1 atom stereocenters. The highest BCUT2D eigenvalue weighted by Crippen LogP contribution is 2.32. The first-order valence-corrected chi connectivity index (χ1v) is 5.09. The SMILES string of the molecule is CCOC(=O)C(C)(F)c1cccc(Cl)c1F. The zero-order chi connectivity index (χ0) is 12.3. The van der Waals surface area contributed by atoms with E-state index in [2.05, 4.69) is 4.74 Å². The number of carbonyl (C=O) groups excluding carboxylic acids is 1. The van der Waals surface area contributed by atoms with Crippen LogP contribution in [-0.4, -0.2) is 12.6 Å². The van der Waals surface area contributed by atoms with E-state index in [1.54, 1.807) is 6.92 Å². The zero-order valence-corrected chi connectivity index (χ0v) is 9.65. The fourth-order valence-corrected chi connectivity index (χ4v) is 1.42. The number of alkyl halides is 1. The average Bonchev–Trinajstić information content (AvgIpc) is 2.22. The average molecular weight is 249 g/mol. The van der Waals surface area contributed by atoms with Crippen LogP contribution in [0, 0.1) is 5.82 Å². The number of ether oxygens (including phenoxy) is 1. The van der Waals surface area contributed by atoms with Crippen molar-refractivity contribution in [3.05, 3.63) is 34.6 Å². The highest BCUT2D eigenvalue weighted by atomic mass is 35.5. The molecule has 88 valence electrons. The summed E-state index contributed by atoms with van der Waals surface area (Å²) in [7, 11) is 0. The Hall–Kier alpha value is -1.16. The van der Waals surface area contributed by atoms with E-state index in [9.17, 15) is 13.6 Å². The van der Waals surface area contributed by atoms with Crippen molar-refractivity contribution in [3.8, 4) is 0 Å². The minimum absolute atomic E-state index is 0.0283. The fourth-order valence-electron chi connectivity index (χ4n) is 1.24. The molecule has 0 aliphatic rings. The molecule has 0 N–H and O–H groups in total. The van der Waals surface area contributed by atoms with Crippen molar-refractivity contribution in [1.82, 2.24) is 0 Å². The lowest BCUT2D eigenvalue weighted by atomic mass is 9.97. The Kier molecular flexibility index (Phi) is 3.86. The van der Waals surface area contributed by atoms with Crippen LogP contribution in [-0.2, 0) is 15.2 Å². The van der Waals surface area contributed by atoms with Crippen LogP contribution in [0.3, 0.4) is 0 Å². The van der Waals surface area contributed by atoms with Crippen LogP contribution in [0.15, 0.2) is 18.2 Å². The molecule has 0 saturated carbocycles. The van der Waals surface area contributed by atoms with Gasteiger partial charge in [-0.1, -0.05) is 23.7 Å². The minimum atomic E-state index is -2.54. The molecule has 1 aromatic carbocycles. The maximum atomic E-state index is 14.1. The van der Waals surface area contributed by atoms with Crippen LogP contribution in [0.4, 0.5) is 8.78 Å². The molecule has 0 spiro atoms. The summed E-state index contributed by atoms with van der Waals surface area (Å²) in [6.07, 6.45) is 0. The van der Waals surface area contributed by atoms with E-state index in [0.717, 1.165) is 13.0 Å². The van der Waals surface area contributed by atoms with Crippen LogP contribution in [0.2, 0.25) is 5.02 Å². The molecule has 2 nitrogen and oxygen atoms in total. The lowest BCUT2D eigenvalue weighted by molar-refractivity contribution is -0.157. The third-order valence-electron chi connectivity index (χ3n) is 2.12. The zero-order valence-electron chi connectivity index (χ0n) is 8.89. The molecule has 0 aliphatic heterocycles. The lowest BCUT2D eigenvalue weighted by Crippen LogP contribution is -2.30. The van der Waals surface area contributed by atoms with Gasteiger partial charge in [0.2, 0.25) is 5.67 Å². The molecule has 1 unspecified atom stereocenters. The van der Waals surface area contributed by atoms with E-state index >= 15 is 0 Å². The Morgan fingerprint density at radius 2 is 2.19 bits per heavy atom. The van der Waals surface area contributed by atoms with E-state index in [0.29, 0.717) is 0 Å². The van der Waals surface area contributed by atoms with Gasteiger partial charge in [0.1, 0.15) is 5.82 Å². The fraction of sp³-hybridized carbons (Fsp3) is 0.364. The molecule has 0 bridgehead atoms. The Balaban J connectivity index is 3.16. The van der Waals surface area contributed by atoms with Crippen LogP contribution in [0.25, 0.3) is 0 Å². The van der Waals surface area contributed by atoms with Crippen molar-refractivity contribution in [2.24, 2.45) is 0 Å². The van der Waals surface area contributed by atoms with Crippen LogP contribution in [0.5, 0.6) is 0 Å². The van der Waals surface area contributed by atoms with Crippen molar-refractivity contribution in [3.63, 3.8) is 0 Å². The van der Waals surface area contributed by atoms with Gasteiger partial charge in [-0.3, -0.25) is 0 Å². The summed E-state index contributed by atoms with van der Waals surface area (Å²) in [4.78, 5) is 11.3. The monoisotopic (exact) mass is 248 g/mol. The summed E-state index contributed by atoms with van der Waals surface area (Å²) in [5.74, 6) is -2.07. The number of halogens is 3. The summed E-state index contributed by atoms with van der Waals surface area (Å²) in [6, 6.07) is 3.82. The summed E-state index contributed by atoms with van der Waals surface area (Å²) in [5.41, 5.74) is -2.95. The maximum Gasteiger partial charge on any atom is 0.348 e. The summed E-state index contributed by atoms with van der Waals surface area (Å²) >= 11 is 5.51. The highest BCUT2D eigenvalue weighted by molar-refractivity contribution is 6.30. The predicted octanol–water partition coefficient (Wildman–Crippen LogP) is 3.23. The molecule has 0 aromatic heterocycles. The number of hydrogen-bond acceptors (Lipinski definition) is 2. The lowest BCUT2D eigenvalue weighted by Gasteiger charge is -2.19. The molecule has 0 heterocycles. The van der Waals surface area contributed by atoms with Crippen molar-refractivity contribution in [2.45, 2.75) is 19.5 Å². The van der Waals surface area contributed by atoms with Gasteiger partial charge in [-0.15, -0.1) is 0 Å². The Labute approximate surface area is 97.2 Å². The van der Waals surface area contributed by atoms with Gasteiger partial charge in [0.05, 0.1) is 11.6 Å². The Bertz CT molecular complexity index is 405. The van der Waals surface area contributed by atoms with Crippen LogP contribution in [0.1, 0.15) is 19.4 Å². The van der Waals surface area contributed by atoms with Crippen LogP contribution >= 0.6 is 11.6 Å². The second-order valence-corrected chi connectivity index (χ2v) is 3.73. The van der Waals surface area contributed by atoms with Crippen molar-refractivity contribution in [1.29, 1.82) is 0 Å². The van der Waals surface area contributed by atoms with E-state index in [1.165, 1.54) is 12.1 Å².